The van der Waals surface area contributed by atoms with E-state index in [1.54, 1.807) is 0 Å². The van der Waals surface area contributed by atoms with Gasteiger partial charge in [0.05, 0.1) is 0 Å². The zero-order chi connectivity index (χ0) is 15.2. The Hall–Kier alpha value is -0.0800. The minimum Gasteiger partial charge on any atom is -0.353 e. The highest BCUT2D eigenvalue weighted by molar-refractivity contribution is 5.01. The molecule has 126 valence electrons. The largest absolute Gasteiger partial charge is 0.353 e. The van der Waals surface area contributed by atoms with Crippen molar-refractivity contribution in [2.24, 2.45) is 35.5 Å². The van der Waals surface area contributed by atoms with Crippen LogP contribution in [0.15, 0.2) is 0 Å². The predicted molar refractivity (Wildman–Crippen MR) is 88.5 cm³/mol. The summed E-state index contributed by atoms with van der Waals surface area (Å²) in [6, 6.07) is 0. The SMILES string of the molecule is COC1(OC)CCCC2C3CCC4CCCCC4C3CCC21. The number of hydrogen-bond donors (Lipinski definition) is 0. The molecular formula is C20H34O2. The molecule has 2 nitrogen and oxygen atoms in total. The molecule has 0 saturated heterocycles. The number of rotatable bonds is 2. The molecule has 0 aliphatic heterocycles. The summed E-state index contributed by atoms with van der Waals surface area (Å²) in [7, 11) is 3.74. The number of ether oxygens (including phenoxy) is 2. The third-order valence-electron chi connectivity index (χ3n) is 8.13. The second-order valence-corrected chi connectivity index (χ2v) is 8.57. The van der Waals surface area contributed by atoms with E-state index < -0.39 is 0 Å². The molecule has 0 aromatic heterocycles. The lowest BCUT2D eigenvalue weighted by molar-refractivity contribution is -0.281. The van der Waals surface area contributed by atoms with Crippen molar-refractivity contribution in [3.8, 4) is 0 Å². The second-order valence-electron chi connectivity index (χ2n) is 8.57. The smallest absolute Gasteiger partial charge is 0.170 e. The van der Waals surface area contributed by atoms with E-state index in [1.807, 2.05) is 14.2 Å². The van der Waals surface area contributed by atoms with Gasteiger partial charge in [-0.3, -0.25) is 0 Å². The van der Waals surface area contributed by atoms with E-state index in [4.69, 9.17) is 9.47 Å². The van der Waals surface area contributed by atoms with E-state index >= 15 is 0 Å². The standard InChI is InChI=1S/C20H34O2/c1-21-20(22-2)13-5-8-18-17-10-9-14-6-3-4-7-15(14)16(17)11-12-19(18)20/h14-19H,3-13H2,1-2H3. The van der Waals surface area contributed by atoms with E-state index in [0.717, 1.165) is 36.0 Å². The minimum atomic E-state index is -0.267. The van der Waals surface area contributed by atoms with Crippen LogP contribution in [0.2, 0.25) is 0 Å². The molecule has 4 aliphatic carbocycles. The lowest BCUT2D eigenvalue weighted by atomic mass is 9.50. The predicted octanol–water partition coefficient (Wildman–Crippen LogP) is 5.02. The van der Waals surface area contributed by atoms with Crippen molar-refractivity contribution in [2.75, 3.05) is 14.2 Å². The maximum atomic E-state index is 5.96. The molecule has 0 spiro atoms. The van der Waals surface area contributed by atoms with Crippen LogP contribution in [-0.4, -0.2) is 20.0 Å². The summed E-state index contributed by atoms with van der Waals surface area (Å²) in [5.74, 6) is 5.40. The van der Waals surface area contributed by atoms with E-state index in [-0.39, 0.29) is 5.79 Å². The van der Waals surface area contributed by atoms with Crippen LogP contribution in [0.1, 0.15) is 70.6 Å². The van der Waals surface area contributed by atoms with Gasteiger partial charge in [-0.15, -0.1) is 0 Å². The third kappa shape index (κ3) is 2.28. The van der Waals surface area contributed by atoms with Crippen molar-refractivity contribution in [2.45, 2.75) is 76.4 Å². The van der Waals surface area contributed by atoms with Crippen LogP contribution in [0.3, 0.4) is 0 Å². The Morgan fingerprint density at radius 3 is 2.14 bits per heavy atom. The van der Waals surface area contributed by atoms with Gasteiger partial charge < -0.3 is 9.47 Å². The first kappa shape index (κ1) is 15.4. The first-order valence-electron chi connectivity index (χ1n) is 9.89. The summed E-state index contributed by atoms with van der Waals surface area (Å²) in [5.41, 5.74) is 0. The fourth-order valence-electron chi connectivity index (χ4n) is 7.26. The average Bonchev–Trinajstić information content (AvgIpc) is 2.60. The van der Waals surface area contributed by atoms with Gasteiger partial charge in [0.2, 0.25) is 0 Å². The molecule has 22 heavy (non-hydrogen) atoms. The van der Waals surface area contributed by atoms with Crippen LogP contribution in [0.5, 0.6) is 0 Å². The Balaban J connectivity index is 1.57. The maximum absolute atomic E-state index is 5.96. The van der Waals surface area contributed by atoms with Gasteiger partial charge in [-0.1, -0.05) is 19.3 Å². The van der Waals surface area contributed by atoms with Crippen molar-refractivity contribution in [1.82, 2.24) is 0 Å². The summed E-state index contributed by atoms with van der Waals surface area (Å²) in [5, 5.41) is 0. The molecule has 4 saturated carbocycles. The van der Waals surface area contributed by atoms with E-state index in [1.165, 1.54) is 64.2 Å². The van der Waals surface area contributed by atoms with Crippen molar-refractivity contribution in [3.63, 3.8) is 0 Å². The fourth-order valence-corrected chi connectivity index (χ4v) is 7.26. The molecule has 0 bridgehead atoms. The number of methoxy groups -OCH3 is 2. The van der Waals surface area contributed by atoms with Crippen molar-refractivity contribution >= 4 is 0 Å². The van der Waals surface area contributed by atoms with Crippen LogP contribution in [-0.2, 0) is 9.47 Å². The molecule has 0 N–H and O–H groups in total. The first-order valence-corrected chi connectivity index (χ1v) is 9.89. The van der Waals surface area contributed by atoms with E-state index in [9.17, 15) is 0 Å². The first-order chi connectivity index (χ1) is 10.8. The molecule has 4 aliphatic rings. The number of hydrogen-bond acceptors (Lipinski definition) is 2. The summed E-state index contributed by atoms with van der Waals surface area (Å²) in [4.78, 5) is 0. The average molecular weight is 306 g/mol. The van der Waals surface area contributed by atoms with Gasteiger partial charge in [-0.2, -0.15) is 0 Å². The molecule has 0 aromatic rings. The Bertz CT molecular complexity index is 389. The monoisotopic (exact) mass is 306 g/mol. The molecule has 6 unspecified atom stereocenters. The minimum absolute atomic E-state index is 0.267. The molecule has 0 aromatic carbocycles. The van der Waals surface area contributed by atoms with Gasteiger partial charge in [0.25, 0.3) is 0 Å². The fraction of sp³-hybridized carbons (Fsp3) is 1.00. The zero-order valence-electron chi connectivity index (χ0n) is 14.6. The van der Waals surface area contributed by atoms with Crippen LogP contribution in [0.25, 0.3) is 0 Å². The van der Waals surface area contributed by atoms with Crippen molar-refractivity contribution in [1.29, 1.82) is 0 Å². The number of fused-ring (bicyclic) bond motifs is 5. The van der Waals surface area contributed by atoms with Crippen molar-refractivity contribution in [3.05, 3.63) is 0 Å². The van der Waals surface area contributed by atoms with Gasteiger partial charge in [-0.05, 0) is 74.5 Å². The zero-order valence-corrected chi connectivity index (χ0v) is 14.6. The van der Waals surface area contributed by atoms with Gasteiger partial charge in [0, 0.05) is 26.6 Å². The molecule has 4 fully saturated rings. The highest BCUT2D eigenvalue weighted by atomic mass is 16.7. The summed E-state index contributed by atoms with van der Waals surface area (Å²) in [6.45, 7) is 0. The lowest BCUT2D eigenvalue weighted by Gasteiger charge is -2.57. The van der Waals surface area contributed by atoms with Gasteiger partial charge in [-0.25, -0.2) is 0 Å². The van der Waals surface area contributed by atoms with Gasteiger partial charge >= 0.3 is 0 Å². The molecular weight excluding hydrogens is 272 g/mol. The summed E-state index contributed by atoms with van der Waals surface area (Å²) < 4.78 is 11.9. The molecule has 0 heterocycles. The highest BCUT2D eigenvalue weighted by Gasteiger charge is 2.55. The quantitative estimate of drug-likeness (QED) is 0.667. The normalized spacial score (nSPS) is 47.2. The summed E-state index contributed by atoms with van der Waals surface area (Å²) in [6.07, 6.45) is 15.7. The topological polar surface area (TPSA) is 18.5 Å². The van der Waals surface area contributed by atoms with E-state index in [0.29, 0.717) is 5.92 Å². The molecule has 6 atom stereocenters. The van der Waals surface area contributed by atoms with E-state index in [2.05, 4.69) is 0 Å². The highest BCUT2D eigenvalue weighted by Crippen LogP contribution is 2.59. The Morgan fingerprint density at radius 1 is 0.636 bits per heavy atom. The Morgan fingerprint density at radius 2 is 1.32 bits per heavy atom. The second kappa shape index (κ2) is 6.09. The lowest BCUT2D eigenvalue weighted by Crippen LogP contribution is -2.55. The van der Waals surface area contributed by atoms with Crippen LogP contribution in [0.4, 0.5) is 0 Å². The molecule has 4 rings (SSSR count). The Kier molecular flexibility index (Phi) is 4.28. The van der Waals surface area contributed by atoms with Crippen LogP contribution in [0, 0.1) is 35.5 Å². The Labute approximate surface area is 136 Å². The molecule has 2 heteroatoms. The van der Waals surface area contributed by atoms with Crippen LogP contribution < -0.4 is 0 Å². The third-order valence-corrected chi connectivity index (χ3v) is 8.13. The molecule has 0 amide bonds. The summed E-state index contributed by atoms with van der Waals surface area (Å²) >= 11 is 0. The maximum Gasteiger partial charge on any atom is 0.170 e. The van der Waals surface area contributed by atoms with Gasteiger partial charge in [0.1, 0.15) is 0 Å². The molecule has 0 radical (unpaired) electrons. The van der Waals surface area contributed by atoms with Crippen molar-refractivity contribution < 1.29 is 9.47 Å². The van der Waals surface area contributed by atoms with Gasteiger partial charge in [0.15, 0.2) is 5.79 Å². The van der Waals surface area contributed by atoms with Crippen LogP contribution >= 0.6 is 0 Å².